The zero-order valence-corrected chi connectivity index (χ0v) is 52.4. The molecule has 0 saturated carbocycles. The van der Waals surface area contributed by atoms with Gasteiger partial charge in [-0.2, -0.15) is 0 Å². The first-order valence-corrected chi connectivity index (χ1v) is 29.3. The van der Waals surface area contributed by atoms with Crippen molar-refractivity contribution in [2.45, 2.75) is 75.3 Å². The van der Waals surface area contributed by atoms with Gasteiger partial charge in [0.15, 0.2) is 0 Å². The van der Waals surface area contributed by atoms with Crippen LogP contribution in [0.15, 0.2) is 158 Å². The molecule has 2 saturated heterocycles. The lowest BCUT2D eigenvalue weighted by atomic mass is 9.80. The van der Waals surface area contributed by atoms with E-state index >= 15 is 0 Å². The Hall–Kier alpha value is -5.58. The van der Waals surface area contributed by atoms with Crippen molar-refractivity contribution in [3.63, 3.8) is 0 Å². The monoisotopic (exact) mass is 1250 g/mol. The number of urea groups is 2. The van der Waals surface area contributed by atoms with Gasteiger partial charge < -0.3 is 46.3 Å². The molecular weight excluding hydrogens is 1170 g/mol. The van der Waals surface area contributed by atoms with Crippen LogP contribution in [0, 0.1) is 0 Å². The number of carbonyl (C=O) groups excluding carboxylic acids is 4. The molecule has 2 atom stereocenters. The first kappa shape index (κ1) is 69.9. The minimum atomic E-state index is -0.400. The molecule has 2 heterocycles. The van der Waals surface area contributed by atoms with E-state index in [0.717, 1.165) is 100 Å². The maximum absolute atomic E-state index is 13.1. The highest BCUT2D eigenvalue weighted by molar-refractivity contribution is 6.42. The quantitative estimate of drug-likeness (QED) is 0.0595. The fraction of sp³-hybridized carbons (Fsp3) is 0.375. The van der Waals surface area contributed by atoms with Crippen LogP contribution in [-0.2, 0) is 11.1 Å². The summed E-state index contributed by atoms with van der Waals surface area (Å²) in [5.41, 5.74) is 4.94. The maximum atomic E-state index is 13.1. The predicted molar refractivity (Wildman–Crippen MR) is 345 cm³/mol. The van der Waals surface area contributed by atoms with E-state index in [2.05, 4.69) is 55.3 Å². The molecule has 2 aliphatic rings. The number of likely N-dealkylation sites (N-methyl/N-ethyl adjacent to an activating group) is 2. The van der Waals surface area contributed by atoms with Crippen LogP contribution in [0.5, 0.6) is 0 Å². The standard InChI is InChI=1S/2C32H38Cl2N4O2.2ClH.H2O/c2*1-3-35-31(40)36-32(27-12-8-5-9-13-27)17-20-38(21-18-32)19-16-26(25-14-15-28(33)29(34)22-25)23-37(2)30(39)24-10-6-4-7-11-24;;;/h2*4-15,22,26H,3,16-21,23H2,1-2H3,(H2,35,36,40);2*1H;1H2. The van der Waals surface area contributed by atoms with Crippen molar-refractivity contribution in [3.05, 3.63) is 211 Å². The van der Waals surface area contributed by atoms with Crippen molar-refractivity contribution in [1.82, 2.24) is 40.9 Å². The number of nitrogens with zero attached hydrogens (tertiary/aromatic N) is 4. The van der Waals surface area contributed by atoms with Crippen LogP contribution in [0.3, 0.4) is 0 Å². The Morgan fingerprint density at radius 1 is 0.482 bits per heavy atom. The van der Waals surface area contributed by atoms with Gasteiger partial charge in [-0.05, 0) is 136 Å². The lowest BCUT2D eigenvalue weighted by Crippen LogP contribution is -2.55. The van der Waals surface area contributed by atoms with Gasteiger partial charge in [0.2, 0.25) is 0 Å². The van der Waals surface area contributed by atoms with Crippen molar-refractivity contribution in [1.29, 1.82) is 0 Å². The highest BCUT2D eigenvalue weighted by Gasteiger charge is 2.39. The molecule has 8 rings (SSSR count). The summed E-state index contributed by atoms with van der Waals surface area (Å²) < 4.78 is 0. The van der Waals surface area contributed by atoms with Crippen molar-refractivity contribution in [3.8, 4) is 0 Å². The van der Waals surface area contributed by atoms with Crippen molar-refractivity contribution in [2.75, 3.05) is 79.5 Å². The summed E-state index contributed by atoms with van der Waals surface area (Å²) in [5, 5.41) is 14.4. The number of likely N-dealkylation sites (tertiary alicyclic amines) is 2. The molecule has 0 spiro atoms. The van der Waals surface area contributed by atoms with Gasteiger partial charge in [-0.3, -0.25) is 9.59 Å². The fourth-order valence-corrected chi connectivity index (χ4v) is 11.6. The first-order chi connectivity index (χ1) is 38.6. The minimum Gasteiger partial charge on any atom is -0.412 e. The molecule has 6 aromatic carbocycles. The Kier molecular flexibility index (Phi) is 29.0. The smallest absolute Gasteiger partial charge is 0.315 e. The van der Waals surface area contributed by atoms with Crippen molar-refractivity contribution < 1.29 is 24.7 Å². The number of carbonyl (C=O) groups is 4. The summed E-state index contributed by atoms with van der Waals surface area (Å²) in [5.74, 6) is 0.156. The predicted octanol–water partition coefficient (Wildman–Crippen LogP) is 13.1. The third-order valence-electron chi connectivity index (χ3n) is 15.6. The van der Waals surface area contributed by atoms with Gasteiger partial charge in [0.05, 0.1) is 31.2 Å². The van der Waals surface area contributed by atoms with E-state index in [4.69, 9.17) is 46.4 Å². The fourth-order valence-electron chi connectivity index (χ4n) is 11.0. The highest BCUT2D eigenvalue weighted by Crippen LogP contribution is 2.37. The third kappa shape index (κ3) is 19.7. The average Bonchev–Trinajstić information content (AvgIpc) is 3.56. The van der Waals surface area contributed by atoms with Gasteiger partial charge in [-0.25, -0.2) is 9.59 Å². The SMILES string of the molecule is CCNC(=O)NC1(c2ccccc2)CCN(CCC(CN(C)C(=O)c2ccccc2)c2ccc(Cl)c(Cl)c2)CC1.CCNC(=O)NC1(c2ccccc2)CCN(CCC(CN(C)C(=O)c2ccccc2)c2ccc(Cl)c(Cl)c2)CC1.Cl.Cl.O. The number of hydrogen-bond donors (Lipinski definition) is 4. The summed E-state index contributed by atoms with van der Waals surface area (Å²) in [6.07, 6.45) is 4.98. The van der Waals surface area contributed by atoms with E-state index in [1.807, 2.05) is 161 Å². The van der Waals surface area contributed by atoms with Crippen LogP contribution in [0.25, 0.3) is 0 Å². The van der Waals surface area contributed by atoms with Crippen molar-refractivity contribution in [2.24, 2.45) is 0 Å². The zero-order valence-electron chi connectivity index (χ0n) is 47.7. The molecular formula is C64H80Cl6N8O5. The van der Waals surface area contributed by atoms with Crippen molar-refractivity contribution >= 4 is 95.1 Å². The molecule has 13 nitrogen and oxygen atoms in total. The molecule has 2 aliphatic heterocycles. The Bertz CT molecular complexity index is 2740. The third-order valence-corrected chi connectivity index (χ3v) is 17.1. The van der Waals surface area contributed by atoms with Gasteiger partial charge in [0, 0.05) is 89.4 Å². The molecule has 0 aromatic heterocycles. The Balaban J connectivity index is 0.000000344. The van der Waals surface area contributed by atoms with Gasteiger partial charge in [0.25, 0.3) is 11.8 Å². The van der Waals surface area contributed by atoms with Gasteiger partial charge in [-0.1, -0.05) is 156 Å². The van der Waals surface area contributed by atoms with E-state index in [1.165, 1.54) is 0 Å². The molecule has 83 heavy (non-hydrogen) atoms. The average molecular weight is 1250 g/mol. The summed E-state index contributed by atoms with van der Waals surface area (Å²) in [7, 11) is 3.70. The molecule has 2 fully saturated rings. The Morgan fingerprint density at radius 3 is 1.10 bits per heavy atom. The number of rotatable bonds is 20. The summed E-state index contributed by atoms with van der Waals surface area (Å²) in [6.45, 7) is 11.3. The Labute approximate surface area is 523 Å². The molecule has 2 unspecified atom stereocenters. The molecule has 6 N–H and O–H groups in total. The molecule has 0 radical (unpaired) electrons. The second-order valence-electron chi connectivity index (χ2n) is 21.0. The van der Waals surface area contributed by atoms with Crippen LogP contribution < -0.4 is 21.3 Å². The number of nitrogens with one attached hydrogen (secondary N) is 4. The molecule has 0 aliphatic carbocycles. The van der Waals surface area contributed by atoms with Crippen LogP contribution in [-0.4, -0.2) is 128 Å². The lowest BCUT2D eigenvalue weighted by Gasteiger charge is -2.43. The second kappa shape index (κ2) is 34.4. The van der Waals surface area contributed by atoms with Crippen LogP contribution >= 0.6 is 71.2 Å². The summed E-state index contributed by atoms with van der Waals surface area (Å²) >= 11 is 25.2. The van der Waals surface area contributed by atoms with E-state index in [9.17, 15) is 19.2 Å². The number of benzene rings is 6. The number of amides is 6. The first-order valence-electron chi connectivity index (χ1n) is 27.8. The summed E-state index contributed by atoms with van der Waals surface area (Å²) in [6, 6.07) is 50.4. The summed E-state index contributed by atoms with van der Waals surface area (Å²) in [4.78, 5) is 59.8. The topological polar surface area (TPSA) is 161 Å². The second-order valence-corrected chi connectivity index (χ2v) is 22.6. The van der Waals surface area contributed by atoms with Crippen LogP contribution in [0.2, 0.25) is 20.1 Å². The van der Waals surface area contributed by atoms with E-state index < -0.39 is 11.1 Å². The largest absolute Gasteiger partial charge is 0.412 e. The maximum Gasteiger partial charge on any atom is 0.315 e. The van der Waals surface area contributed by atoms with Gasteiger partial charge in [-0.15, -0.1) is 24.8 Å². The minimum absolute atomic E-state index is 0. The molecule has 6 aromatic rings. The van der Waals surface area contributed by atoms with Crippen LogP contribution in [0.4, 0.5) is 9.59 Å². The number of piperidine rings is 2. The zero-order chi connectivity index (χ0) is 57.1. The van der Waals surface area contributed by atoms with Gasteiger partial charge >= 0.3 is 12.1 Å². The van der Waals surface area contributed by atoms with Gasteiger partial charge in [0.1, 0.15) is 0 Å². The normalized spacial score (nSPS) is 15.1. The Morgan fingerprint density at radius 2 is 0.795 bits per heavy atom. The molecule has 6 amide bonds. The lowest BCUT2D eigenvalue weighted by molar-refractivity contribution is 0.0772. The molecule has 448 valence electrons. The van der Waals surface area contributed by atoms with Crippen LogP contribution in [0.1, 0.15) is 107 Å². The number of hydrogen-bond acceptors (Lipinski definition) is 6. The van der Waals surface area contributed by atoms with E-state index in [1.54, 1.807) is 9.80 Å². The highest BCUT2D eigenvalue weighted by atomic mass is 35.5. The molecule has 19 heteroatoms. The molecule has 0 bridgehead atoms. The van der Waals surface area contributed by atoms with E-state index in [0.29, 0.717) is 57.4 Å². The van der Waals surface area contributed by atoms with E-state index in [-0.39, 0.29) is 66.0 Å². The number of halogens is 6.